The number of nitrogens with zero attached hydrogens (tertiary/aromatic N) is 1. The SMILES string of the molecule is Cc1ccc(S(=O)(=O)NN=Cc2c[nH]c3ccc(Br)cc23)cc1. The first-order valence-electron chi connectivity index (χ1n) is 6.84. The van der Waals surface area contributed by atoms with Gasteiger partial charge in [-0.25, -0.2) is 4.83 Å². The van der Waals surface area contributed by atoms with Crippen molar-refractivity contribution in [3.8, 4) is 0 Å². The van der Waals surface area contributed by atoms with Crippen molar-refractivity contribution in [2.24, 2.45) is 5.10 Å². The molecular weight excluding hydrogens is 378 g/mol. The Balaban J connectivity index is 1.82. The maximum Gasteiger partial charge on any atom is 0.276 e. The fourth-order valence-electron chi connectivity index (χ4n) is 2.16. The second-order valence-electron chi connectivity index (χ2n) is 5.10. The number of hydrazone groups is 1. The summed E-state index contributed by atoms with van der Waals surface area (Å²) in [4.78, 5) is 5.52. The second kappa shape index (κ2) is 6.17. The van der Waals surface area contributed by atoms with E-state index in [4.69, 9.17) is 0 Å². The zero-order valence-corrected chi connectivity index (χ0v) is 14.6. The van der Waals surface area contributed by atoms with E-state index in [0.29, 0.717) is 0 Å². The highest BCUT2D eigenvalue weighted by Crippen LogP contribution is 2.21. The highest BCUT2D eigenvalue weighted by atomic mass is 79.9. The monoisotopic (exact) mass is 391 g/mol. The number of hydrogen-bond donors (Lipinski definition) is 2. The van der Waals surface area contributed by atoms with E-state index in [0.717, 1.165) is 26.5 Å². The zero-order chi connectivity index (χ0) is 16.4. The van der Waals surface area contributed by atoms with Crippen LogP contribution in [-0.4, -0.2) is 19.6 Å². The fraction of sp³-hybridized carbons (Fsp3) is 0.0625. The summed E-state index contributed by atoms with van der Waals surface area (Å²) in [6.07, 6.45) is 3.26. The van der Waals surface area contributed by atoms with Crippen molar-refractivity contribution >= 4 is 43.1 Å². The summed E-state index contributed by atoms with van der Waals surface area (Å²) in [7, 11) is -3.66. The first-order valence-corrected chi connectivity index (χ1v) is 9.11. The van der Waals surface area contributed by atoms with Gasteiger partial charge in [-0.1, -0.05) is 33.6 Å². The lowest BCUT2D eigenvalue weighted by Crippen LogP contribution is -2.18. The molecule has 7 heteroatoms. The van der Waals surface area contributed by atoms with Crippen LogP contribution in [0.15, 0.2) is 63.1 Å². The van der Waals surface area contributed by atoms with Crippen molar-refractivity contribution in [1.82, 2.24) is 9.82 Å². The van der Waals surface area contributed by atoms with E-state index in [1.807, 2.05) is 25.1 Å². The van der Waals surface area contributed by atoms with Crippen LogP contribution >= 0.6 is 15.9 Å². The number of sulfonamides is 1. The van der Waals surface area contributed by atoms with Crippen molar-refractivity contribution < 1.29 is 8.42 Å². The minimum atomic E-state index is -3.66. The van der Waals surface area contributed by atoms with Gasteiger partial charge in [-0.05, 0) is 37.3 Å². The number of rotatable bonds is 4. The van der Waals surface area contributed by atoms with Gasteiger partial charge >= 0.3 is 0 Å². The van der Waals surface area contributed by atoms with Crippen LogP contribution in [0.4, 0.5) is 0 Å². The largest absolute Gasteiger partial charge is 0.361 e. The van der Waals surface area contributed by atoms with Gasteiger partial charge in [0, 0.05) is 27.1 Å². The van der Waals surface area contributed by atoms with E-state index >= 15 is 0 Å². The Kier molecular flexibility index (Phi) is 4.23. The lowest BCUT2D eigenvalue weighted by molar-refractivity contribution is 0.584. The summed E-state index contributed by atoms with van der Waals surface area (Å²) in [5, 5.41) is 4.82. The number of H-pyrrole nitrogens is 1. The molecule has 1 heterocycles. The molecule has 0 saturated heterocycles. The molecule has 0 saturated carbocycles. The van der Waals surface area contributed by atoms with Gasteiger partial charge in [-0.3, -0.25) is 0 Å². The molecule has 0 bridgehead atoms. The van der Waals surface area contributed by atoms with E-state index in [1.165, 1.54) is 6.21 Å². The number of aromatic nitrogens is 1. The summed E-state index contributed by atoms with van der Waals surface area (Å²) in [6.45, 7) is 1.90. The van der Waals surface area contributed by atoms with E-state index in [2.05, 4.69) is 30.8 Å². The Bertz CT molecular complexity index is 976. The Morgan fingerprint density at radius 1 is 1.17 bits per heavy atom. The second-order valence-corrected chi connectivity index (χ2v) is 7.68. The van der Waals surface area contributed by atoms with E-state index in [-0.39, 0.29) is 4.90 Å². The van der Waals surface area contributed by atoms with Crippen LogP contribution in [0.1, 0.15) is 11.1 Å². The van der Waals surface area contributed by atoms with Gasteiger partial charge < -0.3 is 4.98 Å². The van der Waals surface area contributed by atoms with Gasteiger partial charge in [0.15, 0.2) is 0 Å². The molecule has 3 aromatic rings. The molecule has 3 rings (SSSR count). The van der Waals surface area contributed by atoms with Gasteiger partial charge in [-0.15, -0.1) is 0 Å². The van der Waals surface area contributed by atoms with Crippen LogP contribution in [-0.2, 0) is 10.0 Å². The van der Waals surface area contributed by atoms with Gasteiger partial charge in [0.25, 0.3) is 10.0 Å². The van der Waals surface area contributed by atoms with Crippen LogP contribution in [0.2, 0.25) is 0 Å². The summed E-state index contributed by atoms with van der Waals surface area (Å²) in [5.41, 5.74) is 2.75. The lowest BCUT2D eigenvalue weighted by Gasteiger charge is -2.03. The summed E-state index contributed by atoms with van der Waals surface area (Å²) >= 11 is 3.42. The lowest BCUT2D eigenvalue weighted by atomic mass is 10.2. The number of aromatic amines is 1. The van der Waals surface area contributed by atoms with E-state index in [9.17, 15) is 8.42 Å². The van der Waals surface area contributed by atoms with Gasteiger partial charge in [0.2, 0.25) is 0 Å². The van der Waals surface area contributed by atoms with Crippen LogP contribution in [0.5, 0.6) is 0 Å². The Hall–Kier alpha value is -2.12. The Morgan fingerprint density at radius 3 is 2.65 bits per heavy atom. The van der Waals surface area contributed by atoms with Crippen molar-refractivity contribution in [1.29, 1.82) is 0 Å². The maximum absolute atomic E-state index is 12.1. The minimum Gasteiger partial charge on any atom is -0.361 e. The number of aryl methyl sites for hydroxylation is 1. The Labute approximate surface area is 142 Å². The number of nitrogens with one attached hydrogen (secondary N) is 2. The molecule has 0 fully saturated rings. The van der Waals surface area contributed by atoms with Crippen LogP contribution in [0.25, 0.3) is 10.9 Å². The quantitative estimate of drug-likeness (QED) is 0.527. The molecule has 118 valence electrons. The molecule has 2 aromatic carbocycles. The summed E-state index contributed by atoms with van der Waals surface area (Å²) in [6, 6.07) is 12.4. The maximum atomic E-state index is 12.1. The molecule has 0 aliphatic heterocycles. The Morgan fingerprint density at radius 2 is 1.91 bits per heavy atom. The first kappa shape index (κ1) is 15.8. The molecule has 0 spiro atoms. The number of benzene rings is 2. The molecule has 23 heavy (non-hydrogen) atoms. The average molecular weight is 392 g/mol. The van der Waals surface area contributed by atoms with Crippen LogP contribution in [0.3, 0.4) is 0 Å². The molecule has 0 radical (unpaired) electrons. The molecule has 5 nitrogen and oxygen atoms in total. The predicted molar refractivity (Wildman–Crippen MR) is 95.1 cm³/mol. The molecule has 0 unspecified atom stereocenters. The molecular formula is C16H14BrN3O2S. The molecule has 0 amide bonds. The topological polar surface area (TPSA) is 74.3 Å². The third-order valence-electron chi connectivity index (χ3n) is 3.38. The molecule has 0 atom stereocenters. The van der Waals surface area contributed by atoms with E-state index in [1.54, 1.807) is 30.5 Å². The van der Waals surface area contributed by atoms with Crippen molar-refractivity contribution in [3.05, 3.63) is 64.3 Å². The molecule has 0 aliphatic rings. The van der Waals surface area contributed by atoms with E-state index < -0.39 is 10.0 Å². The number of halogens is 1. The van der Waals surface area contributed by atoms with Crippen molar-refractivity contribution in [2.75, 3.05) is 0 Å². The zero-order valence-electron chi connectivity index (χ0n) is 12.2. The third-order valence-corrected chi connectivity index (χ3v) is 5.12. The minimum absolute atomic E-state index is 0.182. The van der Waals surface area contributed by atoms with Crippen LogP contribution < -0.4 is 4.83 Å². The summed E-state index contributed by atoms with van der Waals surface area (Å²) < 4.78 is 25.2. The van der Waals surface area contributed by atoms with Crippen LogP contribution in [0, 0.1) is 6.92 Å². The normalized spacial score (nSPS) is 12.1. The average Bonchev–Trinajstić information content (AvgIpc) is 2.90. The number of fused-ring (bicyclic) bond motifs is 1. The fourth-order valence-corrected chi connectivity index (χ4v) is 3.31. The van der Waals surface area contributed by atoms with Gasteiger partial charge in [0.1, 0.15) is 0 Å². The smallest absolute Gasteiger partial charge is 0.276 e. The molecule has 0 aliphatic carbocycles. The molecule has 1 aromatic heterocycles. The molecule has 2 N–H and O–H groups in total. The van der Waals surface area contributed by atoms with Gasteiger partial charge in [-0.2, -0.15) is 13.5 Å². The highest BCUT2D eigenvalue weighted by Gasteiger charge is 2.12. The standard InChI is InChI=1S/C16H14BrN3O2S/c1-11-2-5-14(6-3-11)23(21,22)20-19-10-12-9-18-16-7-4-13(17)8-15(12)16/h2-10,18,20H,1H3. The van der Waals surface area contributed by atoms with Gasteiger partial charge in [0.05, 0.1) is 11.1 Å². The predicted octanol–water partition coefficient (Wildman–Crippen LogP) is 3.55. The van der Waals surface area contributed by atoms with Crippen molar-refractivity contribution in [3.63, 3.8) is 0 Å². The van der Waals surface area contributed by atoms with Crippen molar-refractivity contribution in [2.45, 2.75) is 11.8 Å². The third kappa shape index (κ3) is 3.46. The summed E-state index contributed by atoms with van der Waals surface area (Å²) in [5.74, 6) is 0. The number of hydrogen-bond acceptors (Lipinski definition) is 3. The first-order chi connectivity index (χ1) is 11.0. The highest BCUT2D eigenvalue weighted by molar-refractivity contribution is 9.10.